The maximum atomic E-state index is 14.6. The van der Waals surface area contributed by atoms with Gasteiger partial charge >= 0.3 is 0 Å². The predicted molar refractivity (Wildman–Crippen MR) is 104 cm³/mol. The van der Waals surface area contributed by atoms with Crippen molar-refractivity contribution in [3.05, 3.63) is 47.0 Å². The van der Waals surface area contributed by atoms with E-state index in [-0.39, 0.29) is 5.91 Å². The van der Waals surface area contributed by atoms with Gasteiger partial charge in [-0.3, -0.25) is 14.5 Å². The first-order valence-electron chi connectivity index (χ1n) is 8.65. The number of rotatable bonds is 4. The van der Waals surface area contributed by atoms with Crippen molar-refractivity contribution < 1.29 is 9.18 Å². The monoisotopic (exact) mass is 370 g/mol. The lowest BCUT2D eigenvalue weighted by molar-refractivity contribution is -0.129. The van der Waals surface area contributed by atoms with Crippen LogP contribution in [0.5, 0.6) is 0 Å². The van der Waals surface area contributed by atoms with Crippen LogP contribution in [0.1, 0.15) is 23.7 Å². The van der Waals surface area contributed by atoms with E-state index in [1.165, 1.54) is 12.3 Å². The van der Waals surface area contributed by atoms with Crippen molar-refractivity contribution in [2.45, 2.75) is 19.9 Å². The van der Waals surface area contributed by atoms with Gasteiger partial charge in [-0.15, -0.1) is 0 Å². The maximum absolute atomic E-state index is 14.6. The van der Waals surface area contributed by atoms with E-state index in [0.717, 1.165) is 17.7 Å². The topological polar surface area (TPSA) is 88.5 Å². The zero-order valence-corrected chi connectivity index (χ0v) is 15.7. The third kappa shape index (κ3) is 3.69. The minimum atomic E-state index is -0.421. The molecule has 0 unspecified atom stereocenters. The fraction of sp³-hybridized carbons (Fsp3) is 0.316. The summed E-state index contributed by atoms with van der Waals surface area (Å²) in [4.78, 5) is 17.4. The molecular formula is C19H23FN6O. The van der Waals surface area contributed by atoms with E-state index in [1.807, 2.05) is 7.05 Å². The summed E-state index contributed by atoms with van der Waals surface area (Å²) in [5.74, 6) is 0.162. The Morgan fingerprint density at radius 1 is 1.44 bits per heavy atom. The SMILES string of the molecule is CN=CC(=CN)c1ccc(Nc2nn(C)c3c2CN(C(C)=O)CC3)c(F)c1. The summed E-state index contributed by atoms with van der Waals surface area (Å²) in [6.07, 6.45) is 3.69. The van der Waals surface area contributed by atoms with Crippen LogP contribution >= 0.6 is 0 Å². The molecule has 7 nitrogen and oxygen atoms in total. The molecule has 0 atom stereocenters. The number of anilines is 2. The lowest BCUT2D eigenvalue weighted by Gasteiger charge is -2.26. The van der Waals surface area contributed by atoms with Gasteiger partial charge in [0.1, 0.15) is 5.82 Å². The molecule has 1 aliphatic rings. The zero-order chi connectivity index (χ0) is 19.6. The van der Waals surface area contributed by atoms with Crippen molar-refractivity contribution in [1.82, 2.24) is 14.7 Å². The second-order valence-electron chi connectivity index (χ2n) is 6.42. The van der Waals surface area contributed by atoms with Gasteiger partial charge in [-0.2, -0.15) is 5.10 Å². The van der Waals surface area contributed by atoms with Crippen molar-refractivity contribution in [2.75, 3.05) is 18.9 Å². The highest BCUT2D eigenvalue weighted by molar-refractivity contribution is 6.09. The summed E-state index contributed by atoms with van der Waals surface area (Å²) in [7, 11) is 3.49. The van der Waals surface area contributed by atoms with Crippen molar-refractivity contribution >= 4 is 29.2 Å². The molecule has 2 heterocycles. The van der Waals surface area contributed by atoms with Crippen LogP contribution in [0.3, 0.4) is 0 Å². The number of hydrogen-bond acceptors (Lipinski definition) is 5. The van der Waals surface area contributed by atoms with Gasteiger partial charge in [-0.05, 0) is 17.7 Å². The van der Waals surface area contributed by atoms with Crippen molar-refractivity contribution in [1.29, 1.82) is 0 Å². The fourth-order valence-corrected chi connectivity index (χ4v) is 3.24. The first kappa shape index (κ1) is 18.6. The van der Waals surface area contributed by atoms with Gasteiger partial charge in [0.25, 0.3) is 0 Å². The summed E-state index contributed by atoms with van der Waals surface area (Å²) >= 11 is 0. The van der Waals surface area contributed by atoms with Crippen LogP contribution in [0.15, 0.2) is 29.4 Å². The number of carbonyl (C=O) groups excluding carboxylic acids is 1. The van der Waals surface area contributed by atoms with Crippen molar-refractivity contribution in [2.24, 2.45) is 17.8 Å². The highest BCUT2D eigenvalue weighted by Crippen LogP contribution is 2.29. The van der Waals surface area contributed by atoms with E-state index in [4.69, 9.17) is 5.73 Å². The van der Waals surface area contributed by atoms with Gasteiger partial charge in [0.15, 0.2) is 5.82 Å². The molecule has 1 aromatic heterocycles. The molecule has 2 aromatic rings. The summed E-state index contributed by atoms with van der Waals surface area (Å²) in [6, 6.07) is 4.81. The summed E-state index contributed by atoms with van der Waals surface area (Å²) in [5, 5.41) is 7.54. The number of nitrogens with two attached hydrogens (primary N) is 1. The summed E-state index contributed by atoms with van der Waals surface area (Å²) < 4.78 is 16.4. The number of halogens is 1. The lowest BCUT2D eigenvalue weighted by atomic mass is 10.1. The number of amides is 1. The molecule has 0 radical (unpaired) electrons. The second kappa shape index (κ2) is 7.61. The van der Waals surface area contributed by atoms with Crippen LogP contribution in [-0.4, -0.2) is 40.4 Å². The highest BCUT2D eigenvalue weighted by atomic mass is 19.1. The van der Waals surface area contributed by atoms with Crippen LogP contribution in [0.25, 0.3) is 5.57 Å². The Labute approximate surface area is 157 Å². The molecule has 0 aliphatic carbocycles. The number of hydrogen-bond donors (Lipinski definition) is 2. The predicted octanol–water partition coefficient (Wildman–Crippen LogP) is 2.21. The summed E-state index contributed by atoms with van der Waals surface area (Å²) in [6.45, 7) is 2.68. The minimum absolute atomic E-state index is 0.0182. The van der Waals surface area contributed by atoms with Gasteiger partial charge in [-0.1, -0.05) is 6.07 Å². The number of aryl methyl sites for hydroxylation is 1. The van der Waals surface area contributed by atoms with E-state index in [1.54, 1.807) is 41.9 Å². The number of benzene rings is 1. The Hall–Kier alpha value is -3.16. The molecule has 1 aromatic carbocycles. The van der Waals surface area contributed by atoms with E-state index in [0.29, 0.717) is 35.7 Å². The van der Waals surface area contributed by atoms with Crippen LogP contribution in [0.4, 0.5) is 15.9 Å². The molecular weight excluding hydrogens is 347 g/mol. The van der Waals surface area contributed by atoms with E-state index >= 15 is 0 Å². The number of allylic oxidation sites excluding steroid dienone is 1. The standard InChI is InChI=1S/C19H23FN6O/c1-12(27)26-7-6-18-15(11-26)19(24-25(18)3)23-17-5-4-13(8-16(17)20)14(9-21)10-22-2/h4-5,8-10H,6-7,11,21H2,1-3H3,(H,23,24). The van der Waals surface area contributed by atoms with E-state index < -0.39 is 5.82 Å². The Morgan fingerprint density at radius 2 is 2.22 bits per heavy atom. The smallest absolute Gasteiger partial charge is 0.219 e. The average Bonchev–Trinajstić information content (AvgIpc) is 2.96. The van der Waals surface area contributed by atoms with Gasteiger partial charge in [0.05, 0.1) is 12.2 Å². The third-order valence-corrected chi connectivity index (χ3v) is 4.69. The van der Waals surface area contributed by atoms with Gasteiger partial charge in [-0.25, -0.2) is 4.39 Å². The molecule has 1 aliphatic heterocycles. The second-order valence-corrected chi connectivity index (χ2v) is 6.42. The molecule has 0 bridgehead atoms. The van der Waals surface area contributed by atoms with Gasteiger partial charge in [0.2, 0.25) is 5.91 Å². The van der Waals surface area contributed by atoms with Crippen LogP contribution in [-0.2, 0) is 24.8 Å². The zero-order valence-electron chi connectivity index (χ0n) is 15.7. The Bertz CT molecular complexity index is 931. The first-order chi connectivity index (χ1) is 12.9. The first-order valence-corrected chi connectivity index (χ1v) is 8.65. The van der Waals surface area contributed by atoms with E-state index in [2.05, 4.69) is 15.4 Å². The van der Waals surface area contributed by atoms with Crippen molar-refractivity contribution in [3.8, 4) is 0 Å². The molecule has 1 amide bonds. The average molecular weight is 370 g/mol. The Morgan fingerprint density at radius 3 is 2.85 bits per heavy atom. The Balaban J connectivity index is 1.90. The molecule has 3 N–H and O–H groups in total. The summed E-state index contributed by atoms with van der Waals surface area (Å²) in [5.41, 5.74) is 9.14. The van der Waals surface area contributed by atoms with Crippen LogP contribution in [0.2, 0.25) is 0 Å². The molecule has 0 saturated heterocycles. The molecule has 0 fully saturated rings. The molecule has 8 heteroatoms. The van der Waals surface area contributed by atoms with Gasteiger partial charge in [0, 0.05) is 63.2 Å². The molecule has 0 saturated carbocycles. The minimum Gasteiger partial charge on any atom is -0.404 e. The van der Waals surface area contributed by atoms with Crippen molar-refractivity contribution in [3.63, 3.8) is 0 Å². The molecule has 142 valence electrons. The maximum Gasteiger partial charge on any atom is 0.219 e. The fourth-order valence-electron chi connectivity index (χ4n) is 3.24. The molecule has 27 heavy (non-hydrogen) atoms. The van der Waals surface area contributed by atoms with Crippen LogP contribution in [0, 0.1) is 5.82 Å². The molecule has 0 spiro atoms. The number of fused-ring (bicyclic) bond motifs is 1. The number of carbonyl (C=O) groups is 1. The Kier molecular flexibility index (Phi) is 5.25. The number of nitrogens with one attached hydrogen (secondary N) is 1. The normalized spacial score (nSPS) is 14.5. The lowest BCUT2D eigenvalue weighted by Crippen LogP contribution is -2.34. The largest absolute Gasteiger partial charge is 0.404 e. The van der Waals surface area contributed by atoms with E-state index in [9.17, 15) is 9.18 Å². The number of nitrogens with zero attached hydrogens (tertiary/aromatic N) is 4. The van der Waals surface area contributed by atoms with Crippen LogP contribution < -0.4 is 11.1 Å². The molecule has 3 rings (SSSR count). The highest BCUT2D eigenvalue weighted by Gasteiger charge is 2.25. The third-order valence-electron chi connectivity index (χ3n) is 4.69. The quantitative estimate of drug-likeness (QED) is 0.808. The number of aliphatic imine (C=N–C) groups is 1. The van der Waals surface area contributed by atoms with Gasteiger partial charge < -0.3 is 16.0 Å². The number of aromatic nitrogens is 2.